The molecule has 1 aromatic heterocycles. The van der Waals surface area contributed by atoms with Crippen molar-refractivity contribution in [2.45, 2.75) is 24.4 Å². The number of carbonyl (C=O) groups excluding carboxylic acids is 2. The number of carboxylic acid groups (broad SMARTS) is 1. The summed E-state index contributed by atoms with van der Waals surface area (Å²) < 4.78 is 27.5. The first-order valence-electron chi connectivity index (χ1n) is 10.6. The second kappa shape index (κ2) is 9.55. The maximum atomic E-state index is 13.4. The van der Waals surface area contributed by atoms with Crippen LogP contribution in [0.3, 0.4) is 0 Å². The standard InChI is InChI=1S/C24H22N4O6S/c1-27-20-7-6-19(23(31)26-14-17-8-10-25-11-9-17)13-21(20)35(33,34)28(24(27)32)15-18-4-2-16(3-5-18)12-22(29)30/h2-11,13H,12,14-15H2,1H3,(H,26,31)(H,29,30). The third kappa shape index (κ3) is 4.99. The van der Waals surface area contributed by atoms with Crippen LogP contribution in [-0.2, 0) is 34.3 Å². The number of amides is 3. The number of hydrogen-bond donors (Lipinski definition) is 2. The van der Waals surface area contributed by atoms with Crippen molar-refractivity contribution in [3.05, 3.63) is 89.2 Å². The Bertz CT molecular complexity index is 1390. The number of rotatable bonds is 7. The van der Waals surface area contributed by atoms with E-state index in [1.54, 1.807) is 48.8 Å². The van der Waals surface area contributed by atoms with Crippen molar-refractivity contribution in [3.63, 3.8) is 0 Å². The molecule has 2 N–H and O–H groups in total. The molecular weight excluding hydrogens is 472 g/mol. The van der Waals surface area contributed by atoms with Crippen molar-refractivity contribution < 1.29 is 27.9 Å². The number of aliphatic carboxylic acids is 1. The third-order valence-corrected chi connectivity index (χ3v) is 7.31. The predicted molar refractivity (Wildman–Crippen MR) is 126 cm³/mol. The number of fused-ring (bicyclic) bond motifs is 1. The van der Waals surface area contributed by atoms with Gasteiger partial charge in [0.2, 0.25) is 0 Å². The van der Waals surface area contributed by atoms with E-state index in [0.29, 0.717) is 11.1 Å². The van der Waals surface area contributed by atoms with Crippen molar-refractivity contribution >= 4 is 33.6 Å². The Kier molecular flexibility index (Phi) is 6.52. The van der Waals surface area contributed by atoms with Gasteiger partial charge in [0.05, 0.1) is 18.7 Å². The Morgan fingerprint density at radius 3 is 2.29 bits per heavy atom. The van der Waals surface area contributed by atoms with E-state index >= 15 is 0 Å². The molecule has 0 fully saturated rings. The molecule has 0 atom stereocenters. The molecule has 1 aliphatic heterocycles. The second-order valence-corrected chi connectivity index (χ2v) is 9.79. The van der Waals surface area contributed by atoms with E-state index in [2.05, 4.69) is 10.3 Å². The van der Waals surface area contributed by atoms with Crippen LogP contribution >= 0.6 is 0 Å². The van der Waals surface area contributed by atoms with E-state index in [1.807, 2.05) is 0 Å². The average molecular weight is 495 g/mol. The van der Waals surface area contributed by atoms with Crippen molar-refractivity contribution in [2.75, 3.05) is 11.9 Å². The highest BCUT2D eigenvalue weighted by Crippen LogP contribution is 2.35. The number of hydrogen-bond acceptors (Lipinski definition) is 6. The highest BCUT2D eigenvalue weighted by atomic mass is 32.2. The number of nitrogens with one attached hydrogen (secondary N) is 1. The minimum atomic E-state index is -4.26. The zero-order chi connectivity index (χ0) is 25.2. The Labute approximate surface area is 201 Å². The molecule has 10 nitrogen and oxygen atoms in total. The molecular formula is C24H22N4O6S. The summed E-state index contributed by atoms with van der Waals surface area (Å²) in [7, 11) is -2.80. The van der Waals surface area contributed by atoms with Crippen molar-refractivity contribution in [3.8, 4) is 0 Å². The lowest BCUT2D eigenvalue weighted by molar-refractivity contribution is -0.136. The lowest BCUT2D eigenvalue weighted by atomic mass is 10.1. The number of aromatic nitrogens is 1. The molecule has 2 heterocycles. The lowest BCUT2D eigenvalue weighted by Gasteiger charge is -2.34. The van der Waals surface area contributed by atoms with Crippen LogP contribution in [0.5, 0.6) is 0 Å². The van der Waals surface area contributed by atoms with Gasteiger partial charge in [0.1, 0.15) is 4.90 Å². The Morgan fingerprint density at radius 2 is 1.63 bits per heavy atom. The van der Waals surface area contributed by atoms with Crippen LogP contribution in [0, 0.1) is 0 Å². The minimum Gasteiger partial charge on any atom is -0.481 e. The SMILES string of the molecule is CN1C(=O)N(Cc2ccc(CC(=O)O)cc2)S(=O)(=O)c2cc(C(=O)NCc3ccncc3)ccc21. The summed E-state index contributed by atoms with van der Waals surface area (Å²) in [6.45, 7) is 0.00431. The number of carbonyl (C=O) groups is 3. The first kappa shape index (κ1) is 23.9. The molecule has 0 unspecified atom stereocenters. The largest absolute Gasteiger partial charge is 0.481 e. The van der Waals surface area contributed by atoms with Crippen LogP contribution in [0.15, 0.2) is 71.9 Å². The van der Waals surface area contributed by atoms with E-state index in [-0.39, 0.29) is 35.7 Å². The summed E-state index contributed by atoms with van der Waals surface area (Å²) in [6, 6.07) is 13.3. The molecule has 180 valence electrons. The van der Waals surface area contributed by atoms with Crippen molar-refractivity contribution in [1.29, 1.82) is 0 Å². The molecule has 0 radical (unpaired) electrons. The molecule has 0 bridgehead atoms. The summed E-state index contributed by atoms with van der Waals surface area (Å²) in [5.74, 6) is -1.44. The number of nitrogens with zero attached hydrogens (tertiary/aromatic N) is 3. The van der Waals surface area contributed by atoms with Crippen LogP contribution in [0.4, 0.5) is 10.5 Å². The van der Waals surface area contributed by atoms with Gasteiger partial charge in [0, 0.05) is 31.5 Å². The Balaban J connectivity index is 1.59. The Morgan fingerprint density at radius 1 is 0.971 bits per heavy atom. The van der Waals surface area contributed by atoms with Crippen molar-refractivity contribution in [1.82, 2.24) is 14.6 Å². The fraction of sp³-hybridized carbons (Fsp3) is 0.167. The predicted octanol–water partition coefficient (Wildman–Crippen LogP) is 2.40. The van der Waals surface area contributed by atoms with Gasteiger partial charge in [-0.05, 0) is 47.0 Å². The summed E-state index contributed by atoms with van der Waals surface area (Å²) in [5, 5.41) is 11.6. The van der Waals surface area contributed by atoms with Gasteiger partial charge in [-0.3, -0.25) is 19.5 Å². The van der Waals surface area contributed by atoms with E-state index in [9.17, 15) is 22.8 Å². The lowest BCUT2D eigenvalue weighted by Crippen LogP contribution is -2.48. The Hall–Kier alpha value is -4.25. The quantitative estimate of drug-likeness (QED) is 0.515. The molecule has 2 aromatic carbocycles. The summed E-state index contributed by atoms with van der Waals surface area (Å²) >= 11 is 0. The van der Waals surface area contributed by atoms with E-state index in [0.717, 1.165) is 9.87 Å². The van der Waals surface area contributed by atoms with Crippen LogP contribution in [-0.4, -0.2) is 47.8 Å². The van der Waals surface area contributed by atoms with Gasteiger partial charge in [-0.2, -0.15) is 0 Å². The molecule has 35 heavy (non-hydrogen) atoms. The number of anilines is 1. The summed E-state index contributed by atoms with van der Waals surface area (Å²) in [4.78, 5) is 41.4. The molecule has 1 aliphatic rings. The van der Waals surface area contributed by atoms with Gasteiger partial charge in [-0.15, -0.1) is 0 Å². The van der Waals surface area contributed by atoms with Crippen LogP contribution in [0.1, 0.15) is 27.0 Å². The number of sulfonamides is 1. The highest BCUT2D eigenvalue weighted by molar-refractivity contribution is 7.90. The zero-order valence-electron chi connectivity index (χ0n) is 18.7. The number of benzene rings is 2. The van der Waals surface area contributed by atoms with Crippen LogP contribution in [0.25, 0.3) is 0 Å². The number of urea groups is 1. The molecule has 11 heteroatoms. The van der Waals surface area contributed by atoms with Crippen LogP contribution < -0.4 is 10.2 Å². The van der Waals surface area contributed by atoms with E-state index in [4.69, 9.17) is 5.11 Å². The van der Waals surface area contributed by atoms with Crippen LogP contribution in [0.2, 0.25) is 0 Å². The molecule has 0 spiro atoms. The molecule has 0 saturated heterocycles. The first-order chi connectivity index (χ1) is 16.7. The van der Waals surface area contributed by atoms with Crippen molar-refractivity contribution in [2.24, 2.45) is 0 Å². The number of carboxylic acids is 1. The number of pyridine rings is 1. The van der Waals surface area contributed by atoms with Gasteiger partial charge >= 0.3 is 12.0 Å². The maximum absolute atomic E-state index is 13.4. The van der Waals surface area contributed by atoms with E-state index in [1.165, 1.54) is 30.1 Å². The van der Waals surface area contributed by atoms with E-state index < -0.39 is 27.9 Å². The fourth-order valence-corrected chi connectivity index (χ4v) is 5.30. The van der Waals surface area contributed by atoms with Gasteiger partial charge < -0.3 is 10.4 Å². The monoisotopic (exact) mass is 494 g/mol. The highest BCUT2D eigenvalue weighted by Gasteiger charge is 2.40. The molecule has 0 aliphatic carbocycles. The molecule has 4 rings (SSSR count). The molecule has 0 saturated carbocycles. The third-order valence-electron chi connectivity index (χ3n) is 5.56. The summed E-state index contributed by atoms with van der Waals surface area (Å²) in [5.41, 5.74) is 2.22. The van der Waals surface area contributed by atoms with Gasteiger partial charge in [-0.1, -0.05) is 24.3 Å². The van der Waals surface area contributed by atoms with Gasteiger partial charge in [-0.25, -0.2) is 17.5 Å². The normalized spacial score (nSPS) is 14.4. The fourth-order valence-electron chi connectivity index (χ4n) is 3.67. The molecule has 3 aromatic rings. The summed E-state index contributed by atoms with van der Waals surface area (Å²) in [6.07, 6.45) is 3.05. The molecule has 3 amide bonds. The smallest absolute Gasteiger partial charge is 0.338 e. The van der Waals surface area contributed by atoms with Gasteiger partial charge in [0.15, 0.2) is 0 Å². The second-order valence-electron chi connectivity index (χ2n) is 7.96. The first-order valence-corrected chi connectivity index (χ1v) is 12.0. The minimum absolute atomic E-state index is 0.141. The van der Waals surface area contributed by atoms with Gasteiger partial charge in [0.25, 0.3) is 15.9 Å². The topological polar surface area (TPSA) is 137 Å². The zero-order valence-corrected chi connectivity index (χ0v) is 19.5. The maximum Gasteiger partial charge on any atom is 0.338 e. The average Bonchev–Trinajstić information content (AvgIpc) is 2.85.